The second-order valence-corrected chi connectivity index (χ2v) is 2.20. The number of nitrogens with one attached hydrogen (secondary N) is 2. The van der Waals surface area contributed by atoms with Crippen molar-refractivity contribution < 1.29 is 4.79 Å². The third-order valence-electron chi connectivity index (χ3n) is 1.07. The van der Waals surface area contributed by atoms with Crippen molar-refractivity contribution in [3.63, 3.8) is 0 Å². The van der Waals surface area contributed by atoms with Gasteiger partial charge in [0.05, 0.1) is 0 Å². The predicted molar refractivity (Wildman–Crippen MR) is 44.4 cm³/mol. The Morgan fingerprint density at radius 1 is 1.73 bits per heavy atom. The van der Waals surface area contributed by atoms with Gasteiger partial charge < -0.3 is 16.5 Å². The number of carbonyl (C=O) groups excluding carboxylic acids is 1. The Kier molecular flexibility index (Phi) is 4.81. The van der Waals surface area contributed by atoms with Crippen molar-refractivity contribution in [3.8, 4) is 0 Å². The average molecular weight is 155 g/mol. The molecule has 0 unspecified atom stereocenters. The lowest BCUT2D eigenvalue weighted by atomic mass is 10.3. The van der Waals surface area contributed by atoms with Gasteiger partial charge in [-0.3, -0.25) is 4.79 Å². The molecule has 0 bridgehead atoms. The molecule has 0 spiro atoms. The maximum atomic E-state index is 10.2. The standard InChI is InChI=1S/C7H13N3O/c1-6(4-8)5-10-3-2-7(9)11/h4-5,8,10H,2-3H2,1H3,(H2,9,11)/b6-5-,8-4?. The molecule has 0 heterocycles. The van der Waals surface area contributed by atoms with E-state index in [4.69, 9.17) is 11.1 Å². The van der Waals surface area contributed by atoms with Crippen molar-refractivity contribution in [2.24, 2.45) is 5.73 Å². The first-order chi connectivity index (χ1) is 5.16. The van der Waals surface area contributed by atoms with Gasteiger partial charge in [0.25, 0.3) is 0 Å². The fourth-order valence-electron chi connectivity index (χ4n) is 0.470. The molecule has 0 aliphatic carbocycles. The first-order valence-corrected chi connectivity index (χ1v) is 3.35. The highest BCUT2D eigenvalue weighted by atomic mass is 16.1. The van der Waals surface area contributed by atoms with E-state index in [2.05, 4.69) is 5.32 Å². The van der Waals surface area contributed by atoms with Crippen molar-refractivity contribution in [1.82, 2.24) is 5.32 Å². The number of hydrogen-bond acceptors (Lipinski definition) is 3. The summed E-state index contributed by atoms with van der Waals surface area (Å²) in [6, 6.07) is 0. The first kappa shape index (κ1) is 9.68. The summed E-state index contributed by atoms with van der Waals surface area (Å²) >= 11 is 0. The normalized spacial score (nSPS) is 10.8. The van der Waals surface area contributed by atoms with Gasteiger partial charge in [0.15, 0.2) is 0 Å². The van der Waals surface area contributed by atoms with E-state index in [1.54, 1.807) is 13.1 Å². The van der Waals surface area contributed by atoms with Gasteiger partial charge in [-0.2, -0.15) is 0 Å². The monoisotopic (exact) mass is 155 g/mol. The van der Waals surface area contributed by atoms with Crippen LogP contribution in [0.1, 0.15) is 13.3 Å². The maximum Gasteiger partial charge on any atom is 0.219 e. The van der Waals surface area contributed by atoms with Gasteiger partial charge >= 0.3 is 0 Å². The molecule has 0 aromatic heterocycles. The zero-order chi connectivity index (χ0) is 8.69. The van der Waals surface area contributed by atoms with Gasteiger partial charge in [-0.25, -0.2) is 0 Å². The molecule has 0 saturated carbocycles. The number of amides is 1. The Labute approximate surface area is 66.0 Å². The summed E-state index contributed by atoms with van der Waals surface area (Å²) in [7, 11) is 0. The molecule has 0 aliphatic heterocycles. The minimum atomic E-state index is -0.321. The molecule has 62 valence electrons. The molecular formula is C7H13N3O. The molecule has 0 radical (unpaired) electrons. The molecule has 0 rings (SSSR count). The summed E-state index contributed by atoms with van der Waals surface area (Å²) in [5, 5.41) is 9.66. The van der Waals surface area contributed by atoms with E-state index in [1.165, 1.54) is 6.21 Å². The number of primary amides is 1. The molecule has 4 nitrogen and oxygen atoms in total. The van der Waals surface area contributed by atoms with Crippen LogP contribution in [0.5, 0.6) is 0 Å². The summed E-state index contributed by atoms with van der Waals surface area (Å²) < 4.78 is 0. The Hall–Kier alpha value is -1.32. The number of hydrogen-bond donors (Lipinski definition) is 3. The largest absolute Gasteiger partial charge is 0.390 e. The fourth-order valence-corrected chi connectivity index (χ4v) is 0.470. The van der Waals surface area contributed by atoms with Crippen LogP contribution in [0.15, 0.2) is 11.8 Å². The van der Waals surface area contributed by atoms with Crippen LogP contribution in [0, 0.1) is 5.41 Å². The Morgan fingerprint density at radius 2 is 2.36 bits per heavy atom. The minimum Gasteiger partial charge on any atom is -0.390 e. The highest BCUT2D eigenvalue weighted by molar-refractivity contribution is 5.75. The third kappa shape index (κ3) is 6.57. The van der Waals surface area contributed by atoms with E-state index in [0.29, 0.717) is 13.0 Å². The van der Waals surface area contributed by atoms with Gasteiger partial charge in [0.2, 0.25) is 5.91 Å². The molecular weight excluding hydrogens is 142 g/mol. The summed E-state index contributed by atoms with van der Waals surface area (Å²) in [6.45, 7) is 2.32. The van der Waals surface area contributed by atoms with Crippen LogP contribution in [-0.2, 0) is 4.79 Å². The van der Waals surface area contributed by atoms with Crippen LogP contribution in [0.4, 0.5) is 0 Å². The lowest BCUT2D eigenvalue weighted by Gasteiger charge is -1.97. The van der Waals surface area contributed by atoms with Crippen LogP contribution < -0.4 is 11.1 Å². The molecule has 0 saturated heterocycles. The number of allylic oxidation sites excluding steroid dienone is 1. The van der Waals surface area contributed by atoms with E-state index >= 15 is 0 Å². The number of nitrogens with two attached hydrogens (primary N) is 1. The Balaban J connectivity index is 3.41. The van der Waals surface area contributed by atoms with Gasteiger partial charge in [-0.05, 0) is 12.5 Å². The number of rotatable bonds is 5. The van der Waals surface area contributed by atoms with Crippen LogP contribution in [-0.4, -0.2) is 18.7 Å². The summed E-state index contributed by atoms with van der Waals surface area (Å²) in [6.07, 6.45) is 3.23. The predicted octanol–water partition coefficient (Wildman–Crippen LogP) is 0.00477. The van der Waals surface area contributed by atoms with Gasteiger partial charge in [-0.15, -0.1) is 0 Å². The zero-order valence-corrected chi connectivity index (χ0v) is 6.55. The molecule has 0 fully saturated rings. The van der Waals surface area contributed by atoms with Gasteiger partial charge in [-0.1, -0.05) is 0 Å². The molecule has 0 aliphatic rings. The second-order valence-electron chi connectivity index (χ2n) is 2.20. The van der Waals surface area contributed by atoms with E-state index in [-0.39, 0.29) is 5.91 Å². The van der Waals surface area contributed by atoms with Crippen molar-refractivity contribution in [3.05, 3.63) is 11.8 Å². The van der Waals surface area contributed by atoms with E-state index in [9.17, 15) is 4.79 Å². The smallest absolute Gasteiger partial charge is 0.219 e. The molecule has 1 amide bonds. The number of carbonyl (C=O) groups is 1. The summed E-state index contributed by atoms with van der Waals surface area (Å²) in [5.74, 6) is -0.321. The van der Waals surface area contributed by atoms with Crippen LogP contribution in [0.3, 0.4) is 0 Å². The molecule has 0 aromatic rings. The van der Waals surface area contributed by atoms with E-state index < -0.39 is 0 Å². The zero-order valence-electron chi connectivity index (χ0n) is 6.55. The van der Waals surface area contributed by atoms with Crippen LogP contribution >= 0.6 is 0 Å². The highest BCUT2D eigenvalue weighted by Crippen LogP contribution is 1.82. The quantitative estimate of drug-likeness (QED) is 0.386. The van der Waals surface area contributed by atoms with Crippen molar-refractivity contribution in [2.45, 2.75) is 13.3 Å². The Bertz CT molecular complexity index is 175. The van der Waals surface area contributed by atoms with Crippen molar-refractivity contribution in [1.29, 1.82) is 5.41 Å². The van der Waals surface area contributed by atoms with Gasteiger partial charge in [0, 0.05) is 25.4 Å². The molecule has 0 atom stereocenters. The minimum absolute atomic E-state index is 0.321. The van der Waals surface area contributed by atoms with Crippen LogP contribution in [0.2, 0.25) is 0 Å². The second kappa shape index (κ2) is 5.46. The van der Waals surface area contributed by atoms with Crippen LogP contribution in [0.25, 0.3) is 0 Å². The van der Waals surface area contributed by atoms with E-state index in [0.717, 1.165) is 5.57 Å². The summed E-state index contributed by atoms with van der Waals surface area (Å²) in [4.78, 5) is 10.2. The molecule has 0 aromatic carbocycles. The SMILES string of the molecule is C/C(C=N)=C/NCCC(N)=O. The molecule has 4 N–H and O–H groups in total. The average Bonchev–Trinajstić information content (AvgIpc) is 1.97. The lowest BCUT2D eigenvalue weighted by molar-refractivity contribution is -0.117. The Morgan fingerprint density at radius 3 is 2.82 bits per heavy atom. The molecule has 11 heavy (non-hydrogen) atoms. The topological polar surface area (TPSA) is 79.0 Å². The highest BCUT2D eigenvalue weighted by Gasteiger charge is 1.89. The van der Waals surface area contributed by atoms with Crippen molar-refractivity contribution >= 4 is 12.1 Å². The van der Waals surface area contributed by atoms with E-state index in [1.807, 2.05) is 0 Å². The first-order valence-electron chi connectivity index (χ1n) is 3.35. The lowest BCUT2D eigenvalue weighted by Crippen LogP contribution is -2.18. The third-order valence-corrected chi connectivity index (χ3v) is 1.07. The van der Waals surface area contributed by atoms with Crippen molar-refractivity contribution in [2.75, 3.05) is 6.54 Å². The van der Waals surface area contributed by atoms with Gasteiger partial charge in [0.1, 0.15) is 0 Å². The summed E-state index contributed by atoms with van der Waals surface area (Å²) in [5.41, 5.74) is 5.71. The maximum absolute atomic E-state index is 10.2. The fraction of sp³-hybridized carbons (Fsp3) is 0.429. The molecule has 4 heteroatoms.